The van der Waals surface area contributed by atoms with Crippen molar-refractivity contribution in [2.75, 3.05) is 33.4 Å². The maximum atomic E-state index is 13.1. The Hall–Kier alpha value is -3.46. The van der Waals surface area contributed by atoms with Gasteiger partial charge in [-0.3, -0.25) is 0 Å². The van der Waals surface area contributed by atoms with Gasteiger partial charge >= 0.3 is 6.17 Å². The summed E-state index contributed by atoms with van der Waals surface area (Å²) in [6, 6.07) is 9.61. The summed E-state index contributed by atoms with van der Waals surface area (Å²) in [4.78, 5) is 36.7. The lowest BCUT2D eigenvalue weighted by Crippen LogP contribution is -2.37. The summed E-state index contributed by atoms with van der Waals surface area (Å²) in [7, 11) is 1.71. The Labute approximate surface area is 203 Å². The molecule has 0 radical (unpaired) electrons. The van der Waals surface area contributed by atoms with E-state index in [0.29, 0.717) is 29.5 Å². The van der Waals surface area contributed by atoms with Crippen LogP contribution in [0.2, 0.25) is 0 Å². The average Bonchev–Trinajstić information content (AvgIpc) is 3.31. The highest BCUT2D eigenvalue weighted by atomic mass is 16.5. The Morgan fingerprint density at radius 3 is 2.97 bits per heavy atom. The second kappa shape index (κ2) is 8.96. The minimum atomic E-state index is -0.699. The third kappa shape index (κ3) is 3.83. The van der Waals surface area contributed by atoms with Gasteiger partial charge in [0.25, 0.3) is 5.69 Å². The maximum absolute atomic E-state index is 13.1. The first-order valence-electron chi connectivity index (χ1n) is 12.3. The van der Waals surface area contributed by atoms with E-state index in [0.717, 1.165) is 71.0 Å². The summed E-state index contributed by atoms with van der Waals surface area (Å²) in [5.74, 6) is 2.72. The van der Waals surface area contributed by atoms with Crippen molar-refractivity contribution in [3.8, 4) is 11.5 Å². The smallest absolute Gasteiger partial charge is 0.437 e. The summed E-state index contributed by atoms with van der Waals surface area (Å²) in [5.41, 5.74) is 3.20. The van der Waals surface area contributed by atoms with Crippen LogP contribution >= 0.6 is 0 Å². The monoisotopic (exact) mass is 475 g/mol. The largest absolute Gasteiger partial charge is 0.496 e. The van der Waals surface area contributed by atoms with Gasteiger partial charge in [-0.15, -0.1) is 0 Å². The van der Waals surface area contributed by atoms with E-state index in [-0.39, 0.29) is 6.54 Å². The molecule has 0 aliphatic carbocycles. The maximum Gasteiger partial charge on any atom is 0.437 e. The summed E-state index contributed by atoms with van der Waals surface area (Å²) >= 11 is 0. The number of nitrogens with zero attached hydrogens (tertiary/aromatic N) is 5. The lowest BCUT2D eigenvalue weighted by molar-refractivity contribution is -0.784. The molecule has 3 atom stereocenters. The summed E-state index contributed by atoms with van der Waals surface area (Å²) in [6.07, 6.45) is 4.75. The summed E-state index contributed by atoms with van der Waals surface area (Å²) < 4.78 is 13.4. The lowest BCUT2D eigenvalue weighted by atomic mass is 9.86. The van der Waals surface area contributed by atoms with Gasteiger partial charge in [-0.25, -0.2) is 9.97 Å². The van der Waals surface area contributed by atoms with Gasteiger partial charge in [0.2, 0.25) is 6.54 Å². The molecule has 4 heterocycles. The third-order valence-electron chi connectivity index (χ3n) is 7.70. The fraction of sp³-hybridized carbons (Fsp3) is 0.462. The molecule has 6 rings (SSSR count). The van der Waals surface area contributed by atoms with Gasteiger partial charge in [-0.1, -0.05) is 6.07 Å². The average molecular weight is 476 g/mol. The predicted octanol–water partition coefficient (Wildman–Crippen LogP) is 3.95. The molecule has 1 saturated heterocycles. The van der Waals surface area contributed by atoms with Crippen LogP contribution in [0.5, 0.6) is 11.5 Å². The first-order chi connectivity index (χ1) is 17.1. The van der Waals surface area contributed by atoms with Crippen LogP contribution in [-0.2, 0) is 6.54 Å². The van der Waals surface area contributed by atoms with Gasteiger partial charge in [-0.05, 0) is 37.6 Å². The number of rotatable bonds is 6. The number of unbranched alkanes of at least 4 members (excludes halogenated alkanes) is 1. The van der Waals surface area contributed by atoms with E-state index in [9.17, 15) is 9.81 Å². The van der Waals surface area contributed by atoms with E-state index in [1.807, 2.05) is 24.3 Å². The van der Waals surface area contributed by atoms with E-state index < -0.39 is 6.17 Å². The third-order valence-corrected chi connectivity index (χ3v) is 7.70. The quantitative estimate of drug-likeness (QED) is 0.394. The molecule has 35 heavy (non-hydrogen) atoms. The van der Waals surface area contributed by atoms with Crippen molar-refractivity contribution >= 4 is 16.6 Å². The molecule has 0 bridgehead atoms. The van der Waals surface area contributed by atoms with Crippen LogP contribution in [0.1, 0.15) is 36.3 Å². The zero-order valence-electron chi connectivity index (χ0n) is 19.8. The molecule has 1 unspecified atom stereocenters. The molecule has 3 aliphatic rings. The molecule has 1 fully saturated rings. The molecular formula is C26H29N5O4+2. The van der Waals surface area contributed by atoms with E-state index in [1.54, 1.807) is 19.4 Å². The second-order valence-corrected chi connectivity index (χ2v) is 9.71. The van der Waals surface area contributed by atoms with Gasteiger partial charge in [0, 0.05) is 58.0 Å². The number of fused-ring (bicyclic) bond motifs is 6. The Morgan fingerprint density at radius 1 is 1.17 bits per heavy atom. The predicted molar refractivity (Wildman–Crippen MR) is 129 cm³/mol. The van der Waals surface area contributed by atoms with Crippen molar-refractivity contribution in [1.29, 1.82) is 0 Å². The van der Waals surface area contributed by atoms with Crippen molar-refractivity contribution < 1.29 is 19.0 Å². The van der Waals surface area contributed by atoms with E-state index in [4.69, 9.17) is 9.47 Å². The normalized spacial score (nSPS) is 23.5. The SMILES string of the molecule is COc1cccc2c1[C@@H]1CN(CCCCC3[N+](=O)Cc4c(ccc5ncncc45)[N+]3=O)C[C@H]1CO2. The number of hydrogen-bond donors (Lipinski definition) is 0. The molecule has 1 aromatic heterocycles. The van der Waals surface area contributed by atoms with Gasteiger partial charge in [0.15, 0.2) is 0 Å². The van der Waals surface area contributed by atoms with Crippen LogP contribution in [0.4, 0.5) is 5.69 Å². The standard InChI is InChI=1S/C26H29N5O4/c1-34-23-5-4-6-24-26(23)19-13-29(12-17(19)15-35-24)10-3-2-7-25-30(32)14-20-18-11-27-16-28-21(18)8-9-22(20)31(25)33/h4-6,8-9,11,16-17,19,25H,2-3,7,10,12-15H2,1H3/q+2/t17-,19+,25?/m0/s1. The van der Waals surface area contributed by atoms with Crippen molar-refractivity contribution in [3.05, 3.63) is 63.8 Å². The first-order valence-corrected chi connectivity index (χ1v) is 12.3. The van der Waals surface area contributed by atoms with E-state index >= 15 is 0 Å². The van der Waals surface area contributed by atoms with Crippen LogP contribution in [0.15, 0.2) is 42.9 Å². The fourth-order valence-electron chi connectivity index (χ4n) is 5.96. The van der Waals surface area contributed by atoms with Gasteiger partial charge in [0.1, 0.15) is 28.1 Å². The number of methoxy groups -OCH3 is 1. The fourth-order valence-corrected chi connectivity index (χ4v) is 5.96. The zero-order chi connectivity index (χ0) is 23.9. The second-order valence-electron chi connectivity index (χ2n) is 9.71. The minimum Gasteiger partial charge on any atom is -0.496 e. The van der Waals surface area contributed by atoms with Crippen LogP contribution in [0.25, 0.3) is 10.9 Å². The first kappa shape index (κ1) is 22.0. The van der Waals surface area contributed by atoms with Crippen LogP contribution in [0, 0.1) is 15.7 Å². The van der Waals surface area contributed by atoms with E-state index in [1.165, 1.54) is 11.9 Å². The summed E-state index contributed by atoms with van der Waals surface area (Å²) in [6.45, 7) is 3.84. The molecule has 0 amide bonds. The number of ether oxygens (including phenoxy) is 2. The van der Waals surface area contributed by atoms with Crippen molar-refractivity contribution in [2.45, 2.75) is 37.9 Å². The molecule has 2 aromatic carbocycles. The Balaban J connectivity index is 1.07. The summed E-state index contributed by atoms with van der Waals surface area (Å²) in [5, 5.41) is 0.767. The lowest BCUT2D eigenvalue weighted by Gasteiger charge is -2.29. The molecule has 3 aromatic rings. The van der Waals surface area contributed by atoms with Crippen molar-refractivity contribution in [2.24, 2.45) is 5.92 Å². The van der Waals surface area contributed by atoms with E-state index in [2.05, 4.69) is 14.9 Å². The molecule has 3 aliphatic heterocycles. The number of nitroso groups, excluding NO2 is 2. The van der Waals surface area contributed by atoms with Crippen LogP contribution in [0.3, 0.4) is 0 Å². The molecule has 0 N–H and O–H groups in total. The molecule has 0 saturated carbocycles. The highest BCUT2D eigenvalue weighted by Crippen LogP contribution is 2.46. The van der Waals surface area contributed by atoms with Crippen LogP contribution in [-0.4, -0.2) is 63.9 Å². The van der Waals surface area contributed by atoms with Gasteiger partial charge in [0.05, 0.1) is 30.4 Å². The zero-order valence-corrected chi connectivity index (χ0v) is 19.8. The molecular weight excluding hydrogens is 446 g/mol. The van der Waals surface area contributed by atoms with Gasteiger partial charge < -0.3 is 14.4 Å². The number of likely N-dealkylation sites (tertiary alicyclic amines) is 1. The Bertz CT molecular complexity index is 1300. The molecule has 0 spiro atoms. The molecule has 180 valence electrons. The Morgan fingerprint density at radius 2 is 2.09 bits per heavy atom. The Kier molecular flexibility index (Phi) is 5.64. The minimum absolute atomic E-state index is 0.181. The molecule has 9 heteroatoms. The number of hydrogen-bond acceptors (Lipinski definition) is 7. The van der Waals surface area contributed by atoms with Crippen molar-refractivity contribution in [1.82, 2.24) is 14.9 Å². The highest BCUT2D eigenvalue weighted by Gasteiger charge is 2.48. The van der Waals surface area contributed by atoms with Crippen LogP contribution < -0.4 is 9.47 Å². The van der Waals surface area contributed by atoms with Gasteiger partial charge in [-0.2, -0.15) is 0 Å². The highest BCUT2D eigenvalue weighted by molar-refractivity contribution is 5.84. The number of benzene rings is 2. The topological polar surface area (TPSA) is 87.6 Å². The van der Waals surface area contributed by atoms with Crippen molar-refractivity contribution in [3.63, 3.8) is 0 Å². The molecule has 9 nitrogen and oxygen atoms in total. The number of aromatic nitrogens is 2.